The summed E-state index contributed by atoms with van der Waals surface area (Å²) in [7, 11) is 0. The van der Waals surface area contributed by atoms with Gasteiger partial charge < -0.3 is 0 Å². The van der Waals surface area contributed by atoms with Crippen molar-refractivity contribution < 1.29 is 4.79 Å². The smallest absolute Gasteiger partial charge is 0.267 e. The van der Waals surface area contributed by atoms with Crippen LogP contribution in [-0.4, -0.2) is 17.1 Å². The number of halogens is 1. The standard InChI is InChI=1S/C13H10BrN3O/c14-12-6-11(8-15-9-12)13(18)17-16-7-10-4-2-1-3-5-10/h1-9H,(H,17,18)/b16-7+. The summed E-state index contributed by atoms with van der Waals surface area (Å²) >= 11 is 3.25. The predicted molar refractivity (Wildman–Crippen MR) is 73.4 cm³/mol. The van der Waals surface area contributed by atoms with Crippen LogP contribution >= 0.6 is 15.9 Å². The molecule has 0 unspecified atom stereocenters. The van der Waals surface area contributed by atoms with E-state index >= 15 is 0 Å². The zero-order valence-electron chi connectivity index (χ0n) is 9.38. The number of rotatable bonds is 3. The number of hydrazone groups is 1. The number of aromatic nitrogens is 1. The second-order valence-corrected chi connectivity index (χ2v) is 4.42. The van der Waals surface area contributed by atoms with Gasteiger partial charge in [-0.05, 0) is 27.6 Å². The molecule has 1 heterocycles. The van der Waals surface area contributed by atoms with Crippen molar-refractivity contribution in [1.29, 1.82) is 0 Å². The van der Waals surface area contributed by atoms with Crippen LogP contribution in [0.4, 0.5) is 0 Å². The van der Waals surface area contributed by atoms with E-state index in [4.69, 9.17) is 0 Å². The molecule has 0 aliphatic rings. The van der Waals surface area contributed by atoms with Gasteiger partial charge in [0.2, 0.25) is 0 Å². The van der Waals surface area contributed by atoms with Crippen molar-refractivity contribution in [3.05, 3.63) is 64.4 Å². The number of amides is 1. The number of nitrogens with one attached hydrogen (secondary N) is 1. The molecule has 1 aromatic heterocycles. The van der Waals surface area contributed by atoms with Crippen LogP contribution in [-0.2, 0) is 0 Å². The van der Waals surface area contributed by atoms with E-state index < -0.39 is 0 Å². The van der Waals surface area contributed by atoms with Crippen LogP contribution in [0.5, 0.6) is 0 Å². The Morgan fingerprint density at radius 2 is 2.06 bits per heavy atom. The summed E-state index contributed by atoms with van der Waals surface area (Å²) in [4.78, 5) is 15.6. The highest BCUT2D eigenvalue weighted by Gasteiger charge is 2.04. The first-order valence-corrected chi connectivity index (χ1v) is 6.04. The Hall–Kier alpha value is -2.01. The summed E-state index contributed by atoms with van der Waals surface area (Å²) in [5.41, 5.74) is 3.82. The molecule has 90 valence electrons. The van der Waals surface area contributed by atoms with Crippen LogP contribution in [0.15, 0.2) is 58.4 Å². The molecule has 0 atom stereocenters. The maximum absolute atomic E-state index is 11.7. The number of benzene rings is 1. The van der Waals surface area contributed by atoms with Crippen molar-refractivity contribution in [1.82, 2.24) is 10.4 Å². The summed E-state index contributed by atoms with van der Waals surface area (Å²) < 4.78 is 0.752. The number of hydrogen-bond acceptors (Lipinski definition) is 3. The molecule has 1 N–H and O–H groups in total. The van der Waals surface area contributed by atoms with Crippen LogP contribution < -0.4 is 5.43 Å². The molecular formula is C13H10BrN3O. The second-order valence-electron chi connectivity index (χ2n) is 3.50. The molecule has 0 radical (unpaired) electrons. The summed E-state index contributed by atoms with van der Waals surface area (Å²) in [5.74, 6) is -0.295. The first-order valence-electron chi connectivity index (χ1n) is 5.25. The molecule has 2 aromatic rings. The van der Waals surface area contributed by atoms with E-state index in [0.29, 0.717) is 5.56 Å². The fraction of sp³-hybridized carbons (Fsp3) is 0. The molecule has 2 rings (SSSR count). The molecule has 0 saturated carbocycles. The molecule has 18 heavy (non-hydrogen) atoms. The van der Waals surface area contributed by atoms with Crippen LogP contribution in [0, 0.1) is 0 Å². The fourth-order valence-electron chi connectivity index (χ4n) is 1.31. The summed E-state index contributed by atoms with van der Waals surface area (Å²) in [6.45, 7) is 0. The molecule has 0 saturated heterocycles. The monoisotopic (exact) mass is 303 g/mol. The van der Waals surface area contributed by atoms with Gasteiger partial charge in [-0.25, -0.2) is 5.43 Å². The highest BCUT2D eigenvalue weighted by Crippen LogP contribution is 2.09. The van der Waals surface area contributed by atoms with Crippen molar-refractivity contribution in [2.24, 2.45) is 5.10 Å². The Bertz CT molecular complexity index is 569. The molecule has 4 nitrogen and oxygen atoms in total. The first-order chi connectivity index (χ1) is 8.75. The number of nitrogens with zero attached hydrogens (tertiary/aromatic N) is 2. The molecule has 0 aliphatic heterocycles. The van der Waals surface area contributed by atoms with Gasteiger partial charge in [-0.15, -0.1) is 0 Å². The minimum atomic E-state index is -0.295. The maximum Gasteiger partial charge on any atom is 0.272 e. The van der Waals surface area contributed by atoms with Gasteiger partial charge in [0.15, 0.2) is 0 Å². The normalized spacial score (nSPS) is 10.5. The van der Waals surface area contributed by atoms with Gasteiger partial charge in [0.05, 0.1) is 11.8 Å². The third kappa shape index (κ3) is 3.49. The number of carbonyl (C=O) groups is 1. The third-order valence-electron chi connectivity index (χ3n) is 2.15. The molecular weight excluding hydrogens is 294 g/mol. The number of carbonyl (C=O) groups excluding carboxylic acids is 1. The zero-order chi connectivity index (χ0) is 12.8. The molecule has 1 aromatic carbocycles. The van der Waals surface area contributed by atoms with E-state index in [1.165, 1.54) is 6.20 Å². The topological polar surface area (TPSA) is 54.4 Å². The van der Waals surface area contributed by atoms with E-state index in [9.17, 15) is 4.79 Å². The minimum Gasteiger partial charge on any atom is -0.267 e. The Balaban J connectivity index is 1.99. The SMILES string of the molecule is O=C(N/N=C/c1ccccc1)c1cncc(Br)c1. The fourth-order valence-corrected chi connectivity index (χ4v) is 1.67. The summed E-state index contributed by atoms with van der Waals surface area (Å²) in [6, 6.07) is 11.2. The molecule has 1 amide bonds. The van der Waals surface area contributed by atoms with Gasteiger partial charge in [0.1, 0.15) is 0 Å². The number of hydrogen-bond donors (Lipinski definition) is 1. The lowest BCUT2D eigenvalue weighted by molar-refractivity contribution is 0.0954. The lowest BCUT2D eigenvalue weighted by Crippen LogP contribution is -2.17. The van der Waals surface area contributed by atoms with Gasteiger partial charge in [-0.3, -0.25) is 9.78 Å². The van der Waals surface area contributed by atoms with Crippen LogP contribution in [0.1, 0.15) is 15.9 Å². The average molecular weight is 304 g/mol. The van der Waals surface area contributed by atoms with Crippen molar-refractivity contribution >= 4 is 28.1 Å². The van der Waals surface area contributed by atoms with Gasteiger partial charge in [0.25, 0.3) is 5.91 Å². The Labute approximate surface area is 113 Å². The van der Waals surface area contributed by atoms with Gasteiger partial charge in [-0.2, -0.15) is 5.10 Å². The second kappa shape index (κ2) is 6.07. The largest absolute Gasteiger partial charge is 0.272 e. The lowest BCUT2D eigenvalue weighted by Gasteiger charge is -1.99. The van der Waals surface area contributed by atoms with Crippen molar-refractivity contribution in [3.63, 3.8) is 0 Å². The van der Waals surface area contributed by atoms with Crippen molar-refractivity contribution in [2.75, 3.05) is 0 Å². The summed E-state index contributed by atoms with van der Waals surface area (Å²) in [6.07, 6.45) is 4.69. The molecule has 0 aliphatic carbocycles. The van der Waals surface area contributed by atoms with E-state index in [2.05, 4.69) is 31.4 Å². The Morgan fingerprint density at radius 3 is 2.78 bits per heavy atom. The zero-order valence-corrected chi connectivity index (χ0v) is 11.0. The molecule has 0 spiro atoms. The van der Waals surface area contributed by atoms with Gasteiger partial charge >= 0.3 is 0 Å². The van der Waals surface area contributed by atoms with Crippen LogP contribution in [0.2, 0.25) is 0 Å². The van der Waals surface area contributed by atoms with E-state index in [0.717, 1.165) is 10.0 Å². The maximum atomic E-state index is 11.7. The quantitative estimate of drug-likeness (QED) is 0.700. The average Bonchev–Trinajstić information content (AvgIpc) is 2.40. The van der Waals surface area contributed by atoms with Crippen LogP contribution in [0.25, 0.3) is 0 Å². The Morgan fingerprint density at radius 1 is 1.28 bits per heavy atom. The molecule has 0 bridgehead atoms. The minimum absolute atomic E-state index is 0.295. The predicted octanol–water partition coefficient (Wildman–Crippen LogP) is 2.61. The molecule has 0 fully saturated rings. The van der Waals surface area contributed by atoms with Gasteiger partial charge in [-0.1, -0.05) is 30.3 Å². The molecule has 5 heteroatoms. The highest BCUT2D eigenvalue weighted by molar-refractivity contribution is 9.10. The van der Waals surface area contributed by atoms with Gasteiger partial charge in [0, 0.05) is 16.9 Å². The van der Waals surface area contributed by atoms with E-state index in [-0.39, 0.29) is 5.91 Å². The first kappa shape index (κ1) is 12.4. The van der Waals surface area contributed by atoms with E-state index in [1.807, 2.05) is 30.3 Å². The third-order valence-corrected chi connectivity index (χ3v) is 2.58. The van der Waals surface area contributed by atoms with Crippen LogP contribution in [0.3, 0.4) is 0 Å². The lowest BCUT2D eigenvalue weighted by atomic mass is 10.2. The van der Waals surface area contributed by atoms with Crippen molar-refractivity contribution in [3.8, 4) is 0 Å². The highest BCUT2D eigenvalue weighted by atomic mass is 79.9. The number of pyridine rings is 1. The Kier molecular flexibility index (Phi) is 4.20. The van der Waals surface area contributed by atoms with Crippen molar-refractivity contribution in [2.45, 2.75) is 0 Å². The summed E-state index contributed by atoms with van der Waals surface area (Å²) in [5, 5.41) is 3.88. The van der Waals surface area contributed by atoms with E-state index in [1.54, 1.807) is 18.5 Å².